The minimum atomic E-state index is -0.553. The summed E-state index contributed by atoms with van der Waals surface area (Å²) in [6, 6.07) is 29.9. The van der Waals surface area contributed by atoms with Gasteiger partial charge >= 0.3 is 0 Å². The Morgan fingerprint density at radius 2 is 1.23 bits per heavy atom. The fourth-order valence-electron chi connectivity index (χ4n) is 2.71. The van der Waals surface area contributed by atoms with Gasteiger partial charge in [-0.05, 0) is 48.1 Å². The van der Waals surface area contributed by atoms with Crippen molar-refractivity contribution < 1.29 is 4.42 Å². The molecule has 0 bridgehead atoms. The molecule has 2 aromatic carbocycles. The van der Waals surface area contributed by atoms with Gasteiger partial charge in [-0.3, -0.25) is 0 Å². The molecule has 1 aliphatic carbocycles. The first-order chi connectivity index (χ1) is 10.9. The van der Waals surface area contributed by atoms with Crippen molar-refractivity contribution in [1.82, 2.24) is 0 Å². The molecule has 1 heterocycles. The summed E-state index contributed by atoms with van der Waals surface area (Å²) in [4.78, 5) is 0. The van der Waals surface area contributed by atoms with E-state index in [0.29, 0.717) is 0 Å². The zero-order chi connectivity index (χ0) is 14.8. The summed E-state index contributed by atoms with van der Waals surface area (Å²) >= 11 is 0. The molecule has 0 saturated carbocycles. The van der Waals surface area contributed by atoms with Gasteiger partial charge in [0.15, 0.2) is 0 Å². The summed E-state index contributed by atoms with van der Waals surface area (Å²) in [5.41, 5.74) is 1.16. The van der Waals surface area contributed by atoms with Crippen molar-refractivity contribution in [1.29, 1.82) is 0 Å². The predicted molar refractivity (Wildman–Crippen MR) is 94.0 cm³/mol. The molecule has 0 fully saturated rings. The molecule has 0 spiro atoms. The molecular formula is C20H15OP. The average molecular weight is 302 g/mol. The van der Waals surface area contributed by atoms with Gasteiger partial charge in [0, 0.05) is 5.56 Å². The molecule has 1 aliphatic heterocycles. The van der Waals surface area contributed by atoms with Gasteiger partial charge in [-0.15, -0.1) is 0 Å². The molecule has 0 radical (unpaired) electrons. The van der Waals surface area contributed by atoms with E-state index in [4.69, 9.17) is 4.42 Å². The molecule has 2 heteroatoms. The van der Waals surface area contributed by atoms with Gasteiger partial charge in [0.2, 0.25) is 0 Å². The van der Waals surface area contributed by atoms with Crippen molar-refractivity contribution in [3.8, 4) is 11.3 Å². The summed E-state index contributed by atoms with van der Waals surface area (Å²) < 4.78 is 5.62. The number of hydrogen-bond acceptors (Lipinski definition) is 1. The van der Waals surface area contributed by atoms with Crippen LogP contribution in [0.1, 0.15) is 0 Å². The molecule has 0 unspecified atom stereocenters. The van der Waals surface area contributed by atoms with E-state index in [1.807, 2.05) is 6.07 Å². The minimum absolute atomic E-state index is 0.553. The van der Waals surface area contributed by atoms with Gasteiger partial charge in [0.05, 0.1) is 6.26 Å². The van der Waals surface area contributed by atoms with E-state index in [1.54, 1.807) is 6.26 Å². The van der Waals surface area contributed by atoms with E-state index in [-0.39, 0.29) is 0 Å². The number of hydrogen-bond donors (Lipinski definition) is 0. The minimum Gasteiger partial charge on any atom is -0.464 e. The summed E-state index contributed by atoms with van der Waals surface area (Å²) in [5.74, 6) is 0.955. The maximum absolute atomic E-state index is 5.62. The zero-order valence-corrected chi connectivity index (χ0v) is 12.9. The maximum Gasteiger partial charge on any atom is 0.134 e. The average Bonchev–Trinajstić information content (AvgIpc) is 3.00. The summed E-state index contributed by atoms with van der Waals surface area (Å²) in [7, 11) is -0.553. The highest BCUT2D eigenvalue weighted by molar-refractivity contribution is 7.79. The van der Waals surface area contributed by atoms with Gasteiger partial charge in [0.1, 0.15) is 5.76 Å². The topological polar surface area (TPSA) is 13.1 Å². The largest absolute Gasteiger partial charge is 0.464 e. The van der Waals surface area contributed by atoms with E-state index < -0.39 is 7.92 Å². The fourth-order valence-corrected chi connectivity index (χ4v) is 5.06. The number of benzene rings is 2. The highest BCUT2D eigenvalue weighted by Crippen LogP contribution is 2.36. The monoisotopic (exact) mass is 302 g/mol. The highest BCUT2D eigenvalue weighted by atomic mass is 31.1. The normalized spacial score (nSPS) is 11.1. The van der Waals surface area contributed by atoms with Crippen LogP contribution in [-0.2, 0) is 0 Å². The van der Waals surface area contributed by atoms with Crippen LogP contribution in [0.25, 0.3) is 11.3 Å². The molecule has 2 aromatic rings. The third kappa shape index (κ3) is 2.45. The van der Waals surface area contributed by atoms with Crippen LogP contribution in [0.3, 0.4) is 0 Å². The van der Waals surface area contributed by atoms with Crippen molar-refractivity contribution in [2.24, 2.45) is 0 Å². The molecule has 0 saturated heterocycles. The van der Waals surface area contributed by atoms with Gasteiger partial charge in [-0.25, -0.2) is 0 Å². The molecule has 2 aliphatic rings. The van der Waals surface area contributed by atoms with Crippen LogP contribution in [0.4, 0.5) is 0 Å². The standard InChI is InChI=1S/C20H15OP/c1-3-9-17(10-4-1)22(18-11-5-2-6-12-18)19-14-16-8-7-13-21-20(16)15-19/h1-15H. The van der Waals surface area contributed by atoms with E-state index in [9.17, 15) is 0 Å². The van der Waals surface area contributed by atoms with Crippen molar-refractivity contribution in [2.75, 3.05) is 0 Å². The van der Waals surface area contributed by atoms with Crippen LogP contribution >= 0.6 is 7.92 Å². The Kier molecular flexibility index (Phi) is 3.50. The predicted octanol–water partition coefficient (Wildman–Crippen LogP) is 4.14. The van der Waals surface area contributed by atoms with Crippen LogP contribution < -0.4 is 15.9 Å². The van der Waals surface area contributed by atoms with Gasteiger partial charge in [-0.2, -0.15) is 0 Å². The quantitative estimate of drug-likeness (QED) is 0.518. The Labute approximate surface area is 131 Å². The van der Waals surface area contributed by atoms with Crippen LogP contribution in [0.2, 0.25) is 0 Å². The number of rotatable bonds is 3. The molecular weight excluding hydrogens is 287 g/mol. The van der Waals surface area contributed by atoms with Gasteiger partial charge < -0.3 is 4.42 Å². The van der Waals surface area contributed by atoms with Crippen molar-refractivity contribution in [3.63, 3.8) is 0 Å². The van der Waals surface area contributed by atoms with Crippen molar-refractivity contribution in [2.45, 2.75) is 0 Å². The molecule has 4 rings (SSSR count). The third-order valence-electron chi connectivity index (χ3n) is 3.70. The molecule has 0 amide bonds. The van der Waals surface area contributed by atoms with Crippen LogP contribution in [0, 0.1) is 0 Å². The van der Waals surface area contributed by atoms with Gasteiger partial charge in [0.25, 0.3) is 0 Å². The second-order valence-corrected chi connectivity index (χ2v) is 7.37. The Hall–Kier alpha value is -2.37. The van der Waals surface area contributed by atoms with Crippen molar-refractivity contribution in [3.05, 3.63) is 91.2 Å². The van der Waals surface area contributed by atoms with E-state index in [2.05, 4.69) is 78.9 Å². The van der Waals surface area contributed by atoms with Crippen LogP contribution in [0.15, 0.2) is 95.6 Å². The molecule has 1 nitrogen and oxygen atoms in total. The summed E-state index contributed by atoms with van der Waals surface area (Å²) in [5, 5.41) is 4.05. The molecule has 0 aromatic heterocycles. The van der Waals surface area contributed by atoms with E-state index in [1.165, 1.54) is 15.9 Å². The Bertz CT molecular complexity index is 766. The fraction of sp³-hybridized carbons (Fsp3) is 0. The first-order valence-corrected chi connectivity index (χ1v) is 8.63. The lowest BCUT2D eigenvalue weighted by Crippen LogP contribution is -2.19. The lowest BCUT2D eigenvalue weighted by atomic mass is 10.3. The second kappa shape index (κ2) is 5.79. The van der Waals surface area contributed by atoms with E-state index >= 15 is 0 Å². The lowest BCUT2D eigenvalue weighted by Gasteiger charge is -2.17. The Balaban J connectivity index is 1.90. The van der Waals surface area contributed by atoms with Gasteiger partial charge in [-0.1, -0.05) is 60.7 Å². The summed E-state index contributed by atoms with van der Waals surface area (Å²) in [6.45, 7) is 0. The maximum atomic E-state index is 5.62. The Morgan fingerprint density at radius 3 is 1.82 bits per heavy atom. The first kappa shape index (κ1) is 13.3. The molecule has 0 N–H and O–H groups in total. The second-order valence-electron chi connectivity index (χ2n) is 5.15. The summed E-state index contributed by atoms with van der Waals surface area (Å²) in [6.07, 6.45) is 1.74. The smallest absolute Gasteiger partial charge is 0.134 e. The van der Waals surface area contributed by atoms with Crippen LogP contribution in [-0.4, -0.2) is 0 Å². The zero-order valence-electron chi connectivity index (χ0n) is 12.0. The van der Waals surface area contributed by atoms with E-state index in [0.717, 1.165) is 11.3 Å². The number of fused-ring (bicyclic) bond motifs is 1. The van der Waals surface area contributed by atoms with Crippen molar-refractivity contribution >= 4 is 23.8 Å². The molecule has 22 heavy (non-hydrogen) atoms. The Morgan fingerprint density at radius 1 is 0.591 bits per heavy atom. The highest BCUT2D eigenvalue weighted by Gasteiger charge is 2.20. The third-order valence-corrected chi connectivity index (χ3v) is 6.11. The molecule has 106 valence electrons. The lowest BCUT2D eigenvalue weighted by molar-refractivity contribution is 0.567. The SMILES string of the molecule is c1ccc(P(c2ccccc2)c2cc3cccoc-3c2)cc1. The van der Waals surface area contributed by atoms with Crippen LogP contribution in [0.5, 0.6) is 0 Å². The molecule has 0 atom stereocenters. The first-order valence-electron chi connectivity index (χ1n) is 7.29.